The summed E-state index contributed by atoms with van der Waals surface area (Å²) in [7, 11) is 0. The number of hydrogen-bond donors (Lipinski definition) is 0. The third-order valence-corrected chi connectivity index (χ3v) is 6.28. The van der Waals surface area contributed by atoms with E-state index in [1.165, 1.54) is 5.56 Å². The van der Waals surface area contributed by atoms with E-state index in [9.17, 15) is 0 Å². The van der Waals surface area contributed by atoms with Crippen LogP contribution < -0.4 is 0 Å². The zero-order valence-corrected chi connectivity index (χ0v) is 18.0. The van der Waals surface area contributed by atoms with Crippen molar-refractivity contribution in [2.24, 2.45) is 0 Å². The van der Waals surface area contributed by atoms with Crippen LogP contribution in [0, 0.1) is 0 Å². The summed E-state index contributed by atoms with van der Waals surface area (Å²) in [5, 5.41) is 2.92. The topological polar surface area (TPSA) is 13.1 Å². The van der Waals surface area contributed by atoms with Crippen LogP contribution in [0.2, 0.25) is 5.02 Å². The number of benzene rings is 5. The van der Waals surface area contributed by atoms with E-state index < -0.39 is 0 Å². The van der Waals surface area contributed by atoms with Crippen molar-refractivity contribution >= 4 is 33.5 Å². The molecule has 0 aliphatic carbocycles. The summed E-state index contributed by atoms with van der Waals surface area (Å²) < 4.78 is 6.27. The molecular weight excluding hydrogens is 412 g/mol. The number of halogens is 1. The van der Waals surface area contributed by atoms with Gasteiger partial charge in [0.25, 0.3) is 0 Å². The third kappa shape index (κ3) is 3.19. The van der Waals surface area contributed by atoms with Crippen LogP contribution >= 0.6 is 11.6 Å². The Morgan fingerprint density at radius 1 is 0.469 bits per heavy atom. The van der Waals surface area contributed by atoms with Crippen LogP contribution in [0.5, 0.6) is 0 Å². The lowest BCUT2D eigenvalue weighted by atomic mass is 9.96. The second-order valence-corrected chi connectivity index (χ2v) is 8.33. The Hall–Kier alpha value is -3.81. The molecule has 0 atom stereocenters. The maximum absolute atomic E-state index is 6.81. The number of fused-ring (bicyclic) bond motifs is 3. The fourth-order valence-electron chi connectivity index (χ4n) is 4.40. The van der Waals surface area contributed by atoms with Gasteiger partial charge in [-0.05, 0) is 52.1 Å². The maximum atomic E-state index is 6.81. The highest BCUT2D eigenvalue weighted by Gasteiger charge is 2.15. The minimum atomic E-state index is 0.731. The molecule has 1 heterocycles. The molecule has 0 aliphatic rings. The molecule has 152 valence electrons. The van der Waals surface area contributed by atoms with Crippen LogP contribution in [0.1, 0.15) is 0 Å². The summed E-state index contributed by atoms with van der Waals surface area (Å²) in [6.45, 7) is 0. The lowest BCUT2D eigenvalue weighted by molar-refractivity contribution is 0.669. The van der Waals surface area contributed by atoms with E-state index in [1.807, 2.05) is 42.5 Å². The number of furan rings is 1. The second kappa shape index (κ2) is 7.71. The molecule has 0 N–H and O–H groups in total. The smallest absolute Gasteiger partial charge is 0.136 e. The Labute approximate surface area is 191 Å². The average Bonchev–Trinajstić information content (AvgIpc) is 3.23. The van der Waals surface area contributed by atoms with Crippen LogP contribution in [-0.2, 0) is 0 Å². The van der Waals surface area contributed by atoms with E-state index in [1.54, 1.807) is 0 Å². The quantitative estimate of drug-likeness (QED) is 0.272. The Morgan fingerprint density at radius 2 is 1.12 bits per heavy atom. The first-order valence-electron chi connectivity index (χ1n) is 10.6. The molecular formula is C30H19ClO. The molecule has 0 fully saturated rings. The monoisotopic (exact) mass is 430 g/mol. The van der Waals surface area contributed by atoms with Crippen molar-refractivity contribution < 1.29 is 4.42 Å². The Bertz CT molecular complexity index is 1560. The van der Waals surface area contributed by atoms with Crippen molar-refractivity contribution in [2.75, 3.05) is 0 Å². The second-order valence-electron chi connectivity index (χ2n) is 7.92. The zero-order valence-electron chi connectivity index (χ0n) is 17.3. The van der Waals surface area contributed by atoms with Crippen LogP contribution in [-0.4, -0.2) is 0 Å². The van der Waals surface area contributed by atoms with Gasteiger partial charge >= 0.3 is 0 Å². The number of rotatable bonds is 3. The first kappa shape index (κ1) is 18.9. The molecule has 2 heteroatoms. The van der Waals surface area contributed by atoms with Crippen molar-refractivity contribution in [3.63, 3.8) is 0 Å². The van der Waals surface area contributed by atoms with Gasteiger partial charge in [-0.25, -0.2) is 0 Å². The van der Waals surface area contributed by atoms with Gasteiger partial charge in [-0.2, -0.15) is 0 Å². The fraction of sp³-hybridized carbons (Fsp3) is 0. The molecule has 0 aliphatic heterocycles. The molecule has 0 spiro atoms. The highest BCUT2D eigenvalue weighted by Crippen LogP contribution is 2.41. The van der Waals surface area contributed by atoms with Crippen molar-refractivity contribution in [3.05, 3.63) is 120 Å². The van der Waals surface area contributed by atoms with E-state index in [4.69, 9.17) is 16.0 Å². The standard InChI is InChI=1S/C30H19ClO/c31-27-18-22(20-8-3-1-4-9-20)14-16-24(27)25-12-7-13-28-30(25)26-17-15-23(19-29(26)32-28)21-10-5-2-6-11-21/h1-19H. The molecule has 1 aromatic heterocycles. The molecule has 5 aromatic carbocycles. The van der Waals surface area contributed by atoms with Gasteiger partial charge in [-0.15, -0.1) is 0 Å². The molecule has 0 saturated heterocycles. The molecule has 0 amide bonds. The molecule has 6 rings (SSSR count). The summed E-state index contributed by atoms with van der Waals surface area (Å²) >= 11 is 6.81. The maximum Gasteiger partial charge on any atom is 0.136 e. The molecule has 0 radical (unpaired) electrons. The van der Waals surface area contributed by atoms with Crippen LogP contribution in [0.15, 0.2) is 120 Å². The number of hydrogen-bond acceptors (Lipinski definition) is 1. The van der Waals surface area contributed by atoms with E-state index >= 15 is 0 Å². The van der Waals surface area contributed by atoms with E-state index in [0.717, 1.165) is 54.8 Å². The van der Waals surface area contributed by atoms with E-state index in [-0.39, 0.29) is 0 Å². The normalized spacial score (nSPS) is 11.3. The Kier molecular flexibility index (Phi) is 4.56. The van der Waals surface area contributed by atoms with Gasteiger partial charge in [0.15, 0.2) is 0 Å². The Morgan fingerprint density at radius 3 is 1.81 bits per heavy atom. The first-order chi connectivity index (χ1) is 15.8. The SMILES string of the molecule is Clc1cc(-c2ccccc2)ccc1-c1cccc2oc3cc(-c4ccccc4)ccc3c12. The lowest BCUT2D eigenvalue weighted by Crippen LogP contribution is -1.84. The van der Waals surface area contributed by atoms with E-state index in [2.05, 4.69) is 72.8 Å². The first-order valence-corrected chi connectivity index (χ1v) is 11.0. The van der Waals surface area contributed by atoms with Gasteiger partial charge in [0.05, 0.1) is 0 Å². The summed E-state index contributed by atoms with van der Waals surface area (Å²) in [6.07, 6.45) is 0. The van der Waals surface area contributed by atoms with Gasteiger partial charge < -0.3 is 4.42 Å². The third-order valence-electron chi connectivity index (χ3n) is 5.97. The molecule has 6 aromatic rings. The largest absolute Gasteiger partial charge is 0.456 e. The molecule has 0 unspecified atom stereocenters. The predicted molar refractivity (Wildman–Crippen MR) is 135 cm³/mol. The Balaban J connectivity index is 1.51. The summed E-state index contributed by atoms with van der Waals surface area (Å²) in [6, 6.07) is 39.5. The van der Waals surface area contributed by atoms with Crippen molar-refractivity contribution in [2.45, 2.75) is 0 Å². The van der Waals surface area contributed by atoms with Crippen LogP contribution in [0.25, 0.3) is 55.3 Å². The van der Waals surface area contributed by atoms with Crippen molar-refractivity contribution in [3.8, 4) is 33.4 Å². The van der Waals surface area contributed by atoms with E-state index in [0.29, 0.717) is 0 Å². The molecule has 32 heavy (non-hydrogen) atoms. The summed E-state index contributed by atoms with van der Waals surface area (Å²) in [5.41, 5.74) is 8.41. The highest BCUT2D eigenvalue weighted by molar-refractivity contribution is 6.34. The fourth-order valence-corrected chi connectivity index (χ4v) is 4.69. The molecule has 0 saturated carbocycles. The van der Waals surface area contributed by atoms with Crippen LogP contribution in [0.4, 0.5) is 0 Å². The van der Waals surface area contributed by atoms with Gasteiger partial charge in [-0.1, -0.05) is 103 Å². The van der Waals surface area contributed by atoms with Gasteiger partial charge in [-0.3, -0.25) is 0 Å². The van der Waals surface area contributed by atoms with Gasteiger partial charge in [0.2, 0.25) is 0 Å². The lowest BCUT2D eigenvalue weighted by Gasteiger charge is -2.09. The van der Waals surface area contributed by atoms with Crippen LogP contribution in [0.3, 0.4) is 0 Å². The molecule has 1 nitrogen and oxygen atoms in total. The summed E-state index contributed by atoms with van der Waals surface area (Å²) in [5.74, 6) is 0. The van der Waals surface area contributed by atoms with Gasteiger partial charge in [0, 0.05) is 21.4 Å². The minimum absolute atomic E-state index is 0.731. The predicted octanol–water partition coefficient (Wildman–Crippen LogP) is 9.24. The van der Waals surface area contributed by atoms with Crippen molar-refractivity contribution in [1.82, 2.24) is 0 Å². The average molecular weight is 431 g/mol. The molecule has 0 bridgehead atoms. The van der Waals surface area contributed by atoms with Crippen molar-refractivity contribution in [1.29, 1.82) is 0 Å². The zero-order chi connectivity index (χ0) is 21.5. The summed E-state index contributed by atoms with van der Waals surface area (Å²) in [4.78, 5) is 0. The van der Waals surface area contributed by atoms with Gasteiger partial charge in [0.1, 0.15) is 11.2 Å². The minimum Gasteiger partial charge on any atom is -0.456 e. The highest BCUT2D eigenvalue weighted by atomic mass is 35.5.